The van der Waals surface area contributed by atoms with Gasteiger partial charge in [-0.15, -0.1) is 0 Å². The molecular weight excluding hydrogens is 258 g/mol. The van der Waals surface area contributed by atoms with Crippen molar-refractivity contribution in [3.8, 4) is 0 Å². The summed E-state index contributed by atoms with van der Waals surface area (Å²) in [5.74, 6) is 0. The average molecular weight is 271 g/mol. The molecule has 0 bridgehead atoms. The lowest BCUT2D eigenvalue weighted by Crippen LogP contribution is -2.42. The monoisotopic (exact) mass is 271 g/mol. The Hall–Kier alpha value is -1.96. The summed E-state index contributed by atoms with van der Waals surface area (Å²) in [5, 5.41) is 0. The number of amides is 1. The van der Waals surface area contributed by atoms with Crippen LogP contribution in [0.5, 0.6) is 0 Å². The van der Waals surface area contributed by atoms with Crippen molar-refractivity contribution in [1.82, 2.24) is 4.72 Å². The maximum atomic E-state index is 11.9. The van der Waals surface area contributed by atoms with Crippen LogP contribution >= 0.6 is 0 Å². The van der Waals surface area contributed by atoms with Crippen LogP contribution in [0.15, 0.2) is 18.2 Å². The molecule has 0 fully saturated rings. The van der Waals surface area contributed by atoms with E-state index in [0.717, 1.165) is 17.0 Å². The summed E-state index contributed by atoms with van der Waals surface area (Å²) in [6.45, 7) is 0.269. The molecule has 18 heavy (non-hydrogen) atoms. The first kappa shape index (κ1) is 12.5. The van der Waals surface area contributed by atoms with E-state index < -0.39 is 16.3 Å². The Labute approximate surface area is 105 Å². The van der Waals surface area contributed by atoms with Gasteiger partial charge in [-0.05, 0) is 30.2 Å². The number of carbonyl (C=O) groups excluding carboxylic acids is 1. The van der Waals surface area contributed by atoms with Crippen molar-refractivity contribution in [3.05, 3.63) is 23.8 Å². The highest BCUT2D eigenvalue weighted by molar-refractivity contribution is 7.91. The molecule has 1 aliphatic rings. The quantitative estimate of drug-likeness (QED) is 0.750. The highest BCUT2D eigenvalue weighted by Gasteiger charge is 2.30. The number of nitrogens with two attached hydrogens (primary N) is 1. The van der Waals surface area contributed by atoms with Crippen molar-refractivity contribution in [1.29, 1.82) is 0 Å². The van der Waals surface area contributed by atoms with Gasteiger partial charge in [0.2, 0.25) is 0 Å². The van der Waals surface area contributed by atoms with Crippen molar-refractivity contribution in [2.75, 3.05) is 23.7 Å². The second-order valence-electron chi connectivity index (χ2n) is 3.81. The summed E-state index contributed by atoms with van der Waals surface area (Å²) >= 11 is 0. The molecular formula is C10H13N3O4S. The molecule has 0 saturated carbocycles. The summed E-state index contributed by atoms with van der Waals surface area (Å²) in [6.07, 6.45) is -0.457. The van der Waals surface area contributed by atoms with E-state index in [9.17, 15) is 13.2 Å². The van der Waals surface area contributed by atoms with Crippen molar-refractivity contribution in [2.24, 2.45) is 0 Å². The number of anilines is 2. The number of nitrogens with zero attached hydrogens (tertiary/aromatic N) is 1. The molecule has 0 spiro atoms. The summed E-state index contributed by atoms with van der Waals surface area (Å²) in [5.41, 5.74) is 7.57. The van der Waals surface area contributed by atoms with Crippen LogP contribution in [0, 0.1) is 0 Å². The van der Waals surface area contributed by atoms with Crippen molar-refractivity contribution >= 4 is 27.7 Å². The largest absolute Gasteiger partial charge is 0.452 e. The van der Waals surface area contributed by atoms with Crippen LogP contribution in [0.4, 0.5) is 16.2 Å². The molecule has 3 N–H and O–H groups in total. The molecule has 2 rings (SSSR count). The molecule has 0 saturated heterocycles. The number of benzene rings is 1. The fourth-order valence-electron chi connectivity index (χ4n) is 1.84. The Bertz CT molecular complexity index is 585. The summed E-state index contributed by atoms with van der Waals surface area (Å²) < 4.78 is 31.1. The number of nitrogen functional groups attached to an aromatic ring is 1. The molecule has 1 heterocycles. The van der Waals surface area contributed by atoms with Gasteiger partial charge in [0.15, 0.2) is 0 Å². The van der Waals surface area contributed by atoms with Crippen LogP contribution in [-0.4, -0.2) is 28.2 Å². The standard InChI is InChI=1S/C10H13N3O4S/c1-17-10(14)12-18(15,16)13-5-4-7-6-8(11)2-3-9(7)13/h2-3,6H,4-5,11H2,1H3,(H,12,14). The van der Waals surface area contributed by atoms with E-state index in [1.54, 1.807) is 18.2 Å². The topological polar surface area (TPSA) is 102 Å². The molecule has 0 atom stereocenters. The molecule has 1 amide bonds. The van der Waals surface area contributed by atoms with E-state index in [1.807, 2.05) is 4.72 Å². The van der Waals surface area contributed by atoms with Crippen molar-refractivity contribution in [3.63, 3.8) is 0 Å². The Morgan fingerprint density at radius 1 is 1.50 bits per heavy atom. The number of ether oxygens (including phenoxy) is 1. The van der Waals surface area contributed by atoms with Gasteiger partial charge in [-0.3, -0.25) is 4.31 Å². The highest BCUT2D eigenvalue weighted by Crippen LogP contribution is 2.31. The first-order chi connectivity index (χ1) is 8.44. The van der Waals surface area contributed by atoms with E-state index in [1.165, 1.54) is 0 Å². The van der Waals surface area contributed by atoms with Crippen LogP contribution < -0.4 is 14.8 Å². The number of methoxy groups -OCH3 is 1. The second-order valence-corrected chi connectivity index (χ2v) is 5.40. The molecule has 1 aliphatic heterocycles. The Balaban J connectivity index is 2.31. The lowest BCUT2D eigenvalue weighted by Gasteiger charge is -2.19. The van der Waals surface area contributed by atoms with Crippen LogP contribution in [0.2, 0.25) is 0 Å². The number of hydrogen-bond donors (Lipinski definition) is 2. The van der Waals surface area contributed by atoms with Gasteiger partial charge in [-0.25, -0.2) is 9.52 Å². The summed E-state index contributed by atoms with van der Waals surface area (Å²) in [6, 6.07) is 4.96. The molecule has 0 aliphatic carbocycles. The smallest absolute Gasteiger partial charge is 0.422 e. The minimum absolute atomic E-state index is 0.269. The van der Waals surface area contributed by atoms with Crippen LogP contribution in [0.3, 0.4) is 0 Å². The molecule has 1 aromatic carbocycles. The maximum absolute atomic E-state index is 11.9. The van der Waals surface area contributed by atoms with Gasteiger partial charge in [0.05, 0.1) is 12.8 Å². The zero-order valence-corrected chi connectivity index (χ0v) is 10.5. The first-order valence-electron chi connectivity index (χ1n) is 5.21. The van der Waals surface area contributed by atoms with Crippen molar-refractivity contribution in [2.45, 2.75) is 6.42 Å². The average Bonchev–Trinajstić information content (AvgIpc) is 2.71. The minimum Gasteiger partial charge on any atom is -0.452 e. The molecule has 8 heteroatoms. The van der Waals surface area contributed by atoms with E-state index in [-0.39, 0.29) is 6.54 Å². The fourth-order valence-corrected chi connectivity index (χ4v) is 3.02. The second kappa shape index (κ2) is 4.37. The predicted molar refractivity (Wildman–Crippen MR) is 66.4 cm³/mol. The van der Waals surface area contributed by atoms with Gasteiger partial charge in [0, 0.05) is 12.2 Å². The zero-order chi connectivity index (χ0) is 13.3. The molecule has 98 valence electrons. The van der Waals surface area contributed by atoms with Crippen molar-refractivity contribution < 1.29 is 17.9 Å². The lowest BCUT2D eigenvalue weighted by molar-refractivity contribution is 0.177. The Morgan fingerprint density at radius 3 is 2.89 bits per heavy atom. The number of rotatable bonds is 2. The van der Waals surface area contributed by atoms with E-state index in [2.05, 4.69) is 4.74 Å². The number of hydrogen-bond acceptors (Lipinski definition) is 5. The summed E-state index contributed by atoms with van der Waals surface area (Å²) in [7, 11) is -2.83. The Kier molecular flexibility index (Phi) is 3.04. The van der Waals surface area contributed by atoms with Gasteiger partial charge in [-0.2, -0.15) is 8.42 Å². The first-order valence-corrected chi connectivity index (χ1v) is 6.65. The molecule has 0 radical (unpaired) electrons. The van der Waals surface area contributed by atoms with Gasteiger partial charge in [0.1, 0.15) is 0 Å². The zero-order valence-electron chi connectivity index (χ0n) is 9.71. The Morgan fingerprint density at radius 2 is 2.22 bits per heavy atom. The third kappa shape index (κ3) is 2.19. The predicted octanol–water partition coefficient (Wildman–Crippen LogP) is 0.232. The van der Waals surface area contributed by atoms with Crippen LogP contribution in [0.1, 0.15) is 5.56 Å². The number of carbonyl (C=O) groups is 1. The molecule has 0 unspecified atom stereocenters. The van der Waals surface area contributed by atoms with E-state index in [4.69, 9.17) is 5.73 Å². The maximum Gasteiger partial charge on any atom is 0.422 e. The molecule has 7 nitrogen and oxygen atoms in total. The highest BCUT2D eigenvalue weighted by atomic mass is 32.2. The van der Waals surface area contributed by atoms with E-state index >= 15 is 0 Å². The van der Waals surface area contributed by atoms with Gasteiger partial charge < -0.3 is 10.5 Å². The van der Waals surface area contributed by atoms with Crippen LogP contribution in [-0.2, 0) is 21.4 Å². The minimum atomic E-state index is -3.93. The number of nitrogens with one attached hydrogen (secondary N) is 1. The van der Waals surface area contributed by atoms with Gasteiger partial charge in [-0.1, -0.05) is 0 Å². The summed E-state index contributed by atoms with van der Waals surface area (Å²) in [4.78, 5) is 11.0. The normalized spacial score (nSPS) is 14.2. The van der Waals surface area contributed by atoms with Gasteiger partial charge >= 0.3 is 16.3 Å². The SMILES string of the molecule is COC(=O)NS(=O)(=O)N1CCc2cc(N)ccc21. The van der Waals surface area contributed by atoms with Crippen LogP contribution in [0.25, 0.3) is 0 Å². The third-order valence-electron chi connectivity index (χ3n) is 2.64. The third-order valence-corrected chi connectivity index (χ3v) is 4.03. The fraction of sp³-hybridized carbons (Fsp3) is 0.300. The molecule has 0 aromatic heterocycles. The van der Waals surface area contributed by atoms with Gasteiger partial charge in [0.25, 0.3) is 0 Å². The number of fused-ring (bicyclic) bond motifs is 1. The molecule has 1 aromatic rings. The lowest BCUT2D eigenvalue weighted by atomic mass is 10.1. The van der Waals surface area contributed by atoms with E-state index in [0.29, 0.717) is 17.8 Å².